The maximum Gasteiger partial charge on any atom is -0.00690 e. The molecule has 2 fully saturated rings. The topological polar surface area (TPSA) is 0 Å². The molecule has 0 amide bonds. The summed E-state index contributed by atoms with van der Waals surface area (Å²) in [5.41, 5.74) is 9.75. The Morgan fingerprint density at radius 1 is 0.618 bits per heavy atom. The summed E-state index contributed by atoms with van der Waals surface area (Å²) in [6.45, 7) is 14.4. The molecule has 0 nitrogen and oxygen atoms in total. The van der Waals surface area contributed by atoms with Gasteiger partial charge < -0.3 is 0 Å². The molecule has 0 aromatic heterocycles. The van der Waals surface area contributed by atoms with Gasteiger partial charge in [0.15, 0.2) is 0 Å². The first-order valence-electron chi connectivity index (χ1n) is 14.4. The van der Waals surface area contributed by atoms with E-state index in [9.17, 15) is 0 Å². The molecule has 0 bridgehead atoms. The number of rotatable bonds is 7. The van der Waals surface area contributed by atoms with Crippen LogP contribution in [0.1, 0.15) is 140 Å². The van der Waals surface area contributed by atoms with Crippen molar-refractivity contribution in [1.82, 2.24) is 0 Å². The van der Waals surface area contributed by atoms with Crippen LogP contribution in [0.4, 0.5) is 0 Å². The van der Waals surface area contributed by atoms with Crippen molar-refractivity contribution < 1.29 is 0 Å². The third-order valence-corrected chi connectivity index (χ3v) is 12.0. The van der Waals surface area contributed by atoms with E-state index < -0.39 is 0 Å². The first-order valence-corrected chi connectivity index (χ1v) is 15.9. The fraction of sp³-hybridized carbons (Fsp3) is 0.636. The Labute approximate surface area is 212 Å². The predicted molar refractivity (Wildman–Crippen MR) is 154 cm³/mol. The second kappa shape index (κ2) is 11.7. The van der Waals surface area contributed by atoms with E-state index in [4.69, 9.17) is 0 Å². The zero-order valence-electron chi connectivity index (χ0n) is 22.9. The van der Waals surface area contributed by atoms with Gasteiger partial charge >= 0.3 is 0 Å². The molecule has 2 aromatic rings. The molecule has 0 radical (unpaired) electrons. The van der Waals surface area contributed by atoms with Crippen LogP contribution in [0.25, 0.3) is 11.1 Å². The summed E-state index contributed by atoms with van der Waals surface area (Å²) < 4.78 is 0. The average Bonchev–Trinajstić information content (AvgIpc) is 2.85. The van der Waals surface area contributed by atoms with Crippen LogP contribution in [0.2, 0.25) is 0 Å². The van der Waals surface area contributed by atoms with Gasteiger partial charge in [-0.05, 0) is 87.9 Å². The Kier molecular flexibility index (Phi) is 8.96. The monoisotopic (exact) mass is 476 g/mol. The number of hydrogen-bond donors (Lipinski definition) is 0. The van der Waals surface area contributed by atoms with Crippen LogP contribution in [0.15, 0.2) is 36.4 Å². The van der Waals surface area contributed by atoms with Crippen LogP contribution in [-0.2, 0) is 0 Å². The molecule has 2 aliphatic rings. The highest BCUT2D eigenvalue weighted by atomic mass is 31.1. The Morgan fingerprint density at radius 2 is 1.15 bits per heavy atom. The van der Waals surface area contributed by atoms with Crippen molar-refractivity contribution in [2.45, 2.75) is 135 Å². The normalized spacial score (nSPS) is 18.5. The van der Waals surface area contributed by atoms with Crippen molar-refractivity contribution >= 4 is 13.2 Å². The molecule has 0 saturated heterocycles. The second-order valence-corrected chi connectivity index (χ2v) is 14.8. The van der Waals surface area contributed by atoms with Gasteiger partial charge in [-0.25, -0.2) is 0 Å². The Hall–Kier alpha value is -1.13. The fourth-order valence-corrected chi connectivity index (χ4v) is 10.6. The summed E-state index contributed by atoms with van der Waals surface area (Å²) in [5, 5.41) is 1.79. The van der Waals surface area contributed by atoms with Crippen LogP contribution < -0.4 is 5.30 Å². The molecule has 2 aromatic carbocycles. The van der Waals surface area contributed by atoms with Crippen molar-refractivity contribution in [2.75, 3.05) is 0 Å². The van der Waals surface area contributed by atoms with Crippen LogP contribution in [0.3, 0.4) is 0 Å². The molecule has 1 heteroatoms. The molecule has 0 aliphatic heterocycles. The summed E-state index contributed by atoms with van der Waals surface area (Å²) in [6.07, 6.45) is 14.6. The van der Waals surface area contributed by atoms with E-state index in [0.29, 0.717) is 17.8 Å². The third kappa shape index (κ3) is 5.64. The van der Waals surface area contributed by atoms with Crippen LogP contribution in [-0.4, -0.2) is 11.3 Å². The fourth-order valence-electron chi connectivity index (χ4n) is 6.60. The molecule has 2 aliphatic carbocycles. The van der Waals surface area contributed by atoms with Gasteiger partial charge in [0.2, 0.25) is 0 Å². The van der Waals surface area contributed by atoms with Crippen LogP contribution in [0, 0.1) is 0 Å². The highest BCUT2D eigenvalue weighted by Crippen LogP contribution is 2.57. The molecular weight excluding hydrogens is 427 g/mol. The van der Waals surface area contributed by atoms with Crippen molar-refractivity contribution in [1.29, 1.82) is 0 Å². The Morgan fingerprint density at radius 3 is 1.65 bits per heavy atom. The largest absolute Gasteiger partial charge is 0.0683 e. The van der Waals surface area contributed by atoms with Gasteiger partial charge in [-0.3, -0.25) is 0 Å². The molecule has 4 rings (SSSR count). The Bertz CT molecular complexity index is 908. The van der Waals surface area contributed by atoms with E-state index in [2.05, 4.69) is 77.9 Å². The quantitative estimate of drug-likeness (QED) is 0.349. The lowest BCUT2D eigenvalue weighted by atomic mass is 9.85. The number of hydrogen-bond acceptors (Lipinski definition) is 0. The molecule has 2 saturated carbocycles. The van der Waals surface area contributed by atoms with Crippen molar-refractivity contribution in [3.8, 4) is 11.1 Å². The van der Waals surface area contributed by atoms with Gasteiger partial charge in [-0.1, -0.05) is 124 Å². The van der Waals surface area contributed by atoms with Gasteiger partial charge in [0.1, 0.15) is 0 Å². The van der Waals surface area contributed by atoms with Crippen LogP contribution in [0.5, 0.6) is 0 Å². The Balaban J connectivity index is 2.00. The van der Waals surface area contributed by atoms with Gasteiger partial charge in [-0.15, -0.1) is 0 Å². The third-order valence-electron chi connectivity index (χ3n) is 8.53. The van der Waals surface area contributed by atoms with E-state index in [1.54, 1.807) is 22.0 Å². The molecule has 0 spiro atoms. The summed E-state index contributed by atoms with van der Waals surface area (Å²) in [5.74, 6) is 1.67. The standard InChI is InChI=1S/C33H49P/c1-23(2)26-21-31(25(5)6)33(30-20-14-13-19-29(30)24(3)4)32(22-26)34(27-15-9-7-10-16-27)28-17-11-8-12-18-28/h13-14,19-25,27-28H,7-12,15-18H2,1-6H3. The van der Waals surface area contributed by atoms with E-state index in [1.165, 1.54) is 75.3 Å². The predicted octanol–water partition coefficient (Wildman–Crippen LogP) is 10.5. The van der Waals surface area contributed by atoms with Crippen LogP contribution >= 0.6 is 7.92 Å². The summed E-state index contributed by atoms with van der Waals surface area (Å²) in [7, 11) is -0.150. The minimum Gasteiger partial charge on any atom is -0.0683 e. The lowest BCUT2D eigenvalue weighted by Crippen LogP contribution is -2.28. The average molecular weight is 477 g/mol. The smallest absolute Gasteiger partial charge is 0.00690 e. The zero-order chi connectivity index (χ0) is 24.2. The first-order chi connectivity index (χ1) is 16.4. The number of benzene rings is 2. The lowest BCUT2D eigenvalue weighted by molar-refractivity contribution is 0.487. The van der Waals surface area contributed by atoms with Gasteiger partial charge in [0, 0.05) is 0 Å². The maximum atomic E-state index is 2.72. The van der Waals surface area contributed by atoms with Gasteiger partial charge in [-0.2, -0.15) is 0 Å². The molecular formula is C33H49P. The molecule has 0 atom stereocenters. The molecule has 0 N–H and O–H groups in total. The van der Waals surface area contributed by atoms with E-state index in [1.807, 2.05) is 0 Å². The minimum atomic E-state index is -0.150. The summed E-state index contributed by atoms with van der Waals surface area (Å²) >= 11 is 0. The lowest BCUT2D eigenvalue weighted by Gasteiger charge is -2.41. The minimum absolute atomic E-state index is 0.150. The highest BCUT2D eigenvalue weighted by Gasteiger charge is 2.35. The molecule has 0 heterocycles. The second-order valence-electron chi connectivity index (χ2n) is 12.0. The first kappa shape index (κ1) is 25.9. The summed E-state index contributed by atoms with van der Waals surface area (Å²) in [4.78, 5) is 0. The molecule has 0 unspecified atom stereocenters. The van der Waals surface area contributed by atoms with Crippen molar-refractivity contribution in [3.63, 3.8) is 0 Å². The molecule has 186 valence electrons. The zero-order valence-corrected chi connectivity index (χ0v) is 23.8. The van der Waals surface area contributed by atoms with Gasteiger partial charge in [0.25, 0.3) is 0 Å². The maximum absolute atomic E-state index is 2.72. The van der Waals surface area contributed by atoms with E-state index in [-0.39, 0.29) is 7.92 Å². The van der Waals surface area contributed by atoms with Crippen molar-refractivity contribution in [2.24, 2.45) is 0 Å². The van der Waals surface area contributed by atoms with Gasteiger partial charge in [0.05, 0.1) is 0 Å². The highest BCUT2D eigenvalue weighted by molar-refractivity contribution is 7.67. The SMILES string of the molecule is CC(C)c1cc(C(C)C)c(-c2ccccc2C(C)C)c(P(C2CCCCC2)C2CCCCC2)c1. The van der Waals surface area contributed by atoms with Crippen molar-refractivity contribution in [3.05, 3.63) is 53.1 Å². The molecule has 34 heavy (non-hydrogen) atoms. The van der Waals surface area contributed by atoms with E-state index in [0.717, 1.165) is 11.3 Å². The summed E-state index contributed by atoms with van der Waals surface area (Å²) in [6, 6.07) is 14.7. The van der Waals surface area contributed by atoms with E-state index >= 15 is 0 Å².